The Morgan fingerprint density at radius 1 is 1.42 bits per heavy atom. The first-order chi connectivity index (χ1) is 9.02. The molecule has 0 radical (unpaired) electrons. The summed E-state index contributed by atoms with van der Waals surface area (Å²) < 4.78 is 25.7. The summed E-state index contributed by atoms with van der Waals surface area (Å²) in [6, 6.07) is 6.86. The van der Waals surface area contributed by atoms with E-state index in [1.165, 1.54) is 6.08 Å². The van der Waals surface area contributed by atoms with Gasteiger partial charge in [-0.3, -0.25) is 9.52 Å². The van der Waals surface area contributed by atoms with E-state index in [-0.39, 0.29) is 11.7 Å². The summed E-state index contributed by atoms with van der Waals surface area (Å²) in [5, 5.41) is 0. The summed E-state index contributed by atoms with van der Waals surface area (Å²) in [7, 11) is -3.41. The van der Waals surface area contributed by atoms with Crippen LogP contribution < -0.4 is 9.62 Å². The summed E-state index contributed by atoms with van der Waals surface area (Å²) >= 11 is 0. The van der Waals surface area contributed by atoms with Gasteiger partial charge in [0.15, 0.2) is 0 Å². The first kappa shape index (κ1) is 13.6. The van der Waals surface area contributed by atoms with Gasteiger partial charge in [-0.25, -0.2) is 8.42 Å². The molecule has 5 nitrogen and oxygen atoms in total. The van der Waals surface area contributed by atoms with Gasteiger partial charge in [0.2, 0.25) is 15.9 Å². The number of carbonyl (C=O) groups is 1. The first-order valence-corrected chi connectivity index (χ1v) is 7.69. The Morgan fingerprint density at radius 3 is 2.84 bits per heavy atom. The molecule has 0 unspecified atom stereocenters. The van der Waals surface area contributed by atoms with Crippen molar-refractivity contribution >= 4 is 27.3 Å². The summed E-state index contributed by atoms with van der Waals surface area (Å²) in [5.74, 6) is -0.0639. The van der Waals surface area contributed by atoms with Crippen LogP contribution in [0.3, 0.4) is 0 Å². The molecule has 6 heteroatoms. The second-order valence-corrected chi connectivity index (χ2v) is 6.14. The Bertz CT molecular complexity index is 596. The van der Waals surface area contributed by atoms with Crippen molar-refractivity contribution in [3.05, 3.63) is 36.9 Å². The molecule has 0 aliphatic carbocycles. The smallest absolute Gasteiger partial charge is 0.236 e. The number of rotatable bonds is 5. The number of amides is 1. The monoisotopic (exact) mass is 280 g/mol. The van der Waals surface area contributed by atoms with Crippen LogP contribution >= 0.6 is 0 Å². The largest absolute Gasteiger partial charge is 0.312 e. The molecule has 0 aromatic heterocycles. The van der Waals surface area contributed by atoms with Gasteiger partial charge in [-0.15, -0.1) is 6.58 Å². The second kappa shape index (κ2) is 5.44. The van der Waals surface area contributed by atoms with E-state index < -0.39 is 10.0 Å². The third-order valence-electron chi connectivity index (χ3n) is 2.84. The Balaban J connectivity index is 2.20. The lowest BCUT2D eigenvalue weighted by Crippen LogP contribution is -2.23. The van der Waals surface area contributed by atoms with E-state index in [0.29, 0.717) is 18.7 Å². The van der Waals surface area contributed by atoms with Crippen molar-refractivity contribution in [1.82, 2.24) is 0 Å². The predicted molar refractivity (Wildman–Crippen MR) is 75.6 cm³/mol. The molecule has 0 saturated carbocycles. The molecular weight excluding hydrogens is 264 g/mol. The van der Waals surface area contributed by atoms with Crippen LogP contribution in [0.5, 0.6) is 0 Å². The number of nitrogens with one attached hydrogen (secondary N) is 1. The van der Waals surface area contributed by atoms with Gasteiger partial charge in [-0.1, -0.05) is 12.1 Å². The first-order valence-electron chi connectivity index (χ1n) is 6.04. The standard InChI is InChI=1S/C13H16N2O3S/c1-2-9-19(17,18)14-11-5-3-6-12(10-11)15-8-4-7-13(15)16/h2-3,5-6,10,14H,1,4,7-9H2. The summed E-state index contributed by atoms with van der Waals surface area (Å²) in [6.45, 7) is 4.09. The van der Waals surface area contributed by atoms with Crippen LogP contribution in [0.25, 0.3) is 0 Å². The third-order valence-corrected chi connectivity index (χ3v) is 4.06. The van der Waals surface area contributed by atoms with E-state index in [2.05, 4.69) is 11.3 Å². The van der Waals surface area contributed by atoms with Crippen molar-refractivity contribution in [3.8, 4) is 0 Å². The fourth-order valence-corrected chi connectivity index (χ4v) is 2.91. The van der Waals surface area contributed by atoms with Crippen molar-refractivity contribution in [2.75, 3.05) is 21.9 Å². The minimum atomic E-state index is -3.41. The lowest BCUT2D eigenvalue weighted by Gasteiger charge is -2.16. The van der Waals surface area contributed by atoms with Gasteiger partial charge in [-0.2, -0.15) is 0 Å². The van der Waals surface area contributed by atoms with Gasteiger partial charge in [0.05, 0.1) is 11.4 Å². The minimum Gasteiger partial charge on any atom is -0.312 e. The highest BCUT2D eigenvalue weighted by Gasteiger charge is 2.21. The quantitative estimate of drug-likeness (QED) is 0.835. The molecule has 1 aliphatic rings. The maximum Gasteiger partial charge on any atom is 0.236 e. The van der Waals surface area contributed by atoms with Crippen molar-refractivity contribution < 1.29 is 13.2 Å². The number of hydrogen-bond acceptors (Lipinski definition) is 3. The average Bonchev–Trinajstić information content (AvgIpc) is 2.75. The van der Waals surface area contributed by atoms with Gasteiger partial charge >= 0.3 is 0 Å². The molecule has 1 saturated heterocycles. The summed E-state index contributed by atoms with van der Waals surface area (Å²) in [4.78, 5) is 13.3. The molecule has 1 aromatic carbocycles. The number of sulfonamides is 1. The second-order valence-electron chi connectivity index (χ2n) is 4.37. The zero-order valence-electron chi connectivity index (χ0n) is 10.5. The van der Waals surface area contributed by atoms with Crippen LogP contribution in [-0.4, -0.2) is 26.6 Å². The zero-order valence-corrected chi connectivity index (χ0v) is 11.3. The average molecular weight is 280 g/mol. The third kappa shape index (κ3) is 3.35. The van der Waals surface area contributed by atoms with Crippen molar-refractivity contribution in [2.45, 2.75) is 12.8 Å². The van der Waals surface area contributed by atoms with E-state index in [1.54, 1.807) is 29.2 Å². The van der Waals surface area contributed by atoms with Crippen LogP contribution in [0.4, 0.5) is 11.4 Å². The van der Waals surface area contributed by atoms with Crippen molar-refractivity contribution in [1.29, 1.82) is 0 Å². The van der Waals surface area contributed by atoms with E-state index in [9.17, 15) is 13.2 Å². The van der Waals surface area contributed by atoms with Gasteiger partial charge in [0.25, 0.3) is 0 Å². The highest BCUT2D eigenvalue weighted by Crippen LogP contribution is 2.24. The van der Waals surface area contributed by atoms with E-state index in [0.717, 1.165) is 12.1 Å². The van der Waals surface area contributed by atoms with Gasteiger partial charge in [-0.05, 0) is 24.6 Å². The Hall–Kier alpha value is -1.82. The highest BCUT2D eigenvalue weighted by molar-refractivity contribution is 7.92. The molecule has 1 aliphatic heterocycles. The Morgan fingerprint density at radius 2 is 2.21 bits per heavy atom. The van der Waals surface area contributed by atoms with Crippen LogP contribution in [0, 0.1) is 0 Å². The molecular formula is C13H16N2O3S. The molecule has 1 heterocycles. The molecule has 0 bridgehead atoms. The molecule has 102 valence electrons. The Kier molecular flexibility index (Phi) is 3.90. The van der Waals surface area contributed by atoms with Gasteiger partial charge in [0, 0.05) is 18.7 Å². The fraction of sp³-hybridized carbons (Fsp3) is 0.308. The van der Waals surface area contributed by atoms with Crippen LogP contribution in [-0.2, 0) is 14.8 Å². The van der Waals surface area contributed by atoms with Crippen LogP contribution in [0.1, 0.15) is 12.8 Å². The minimum absolute atomic E-state index is 0.0751. The topological polar surface area (TPSA) is 66.5 Å². The maximum absolute atomic E-state index is 11.6. The van der Waals surface area contributed by atoms with Crippen LogP contribution in [0.15, 0.2) is 36.9 Å². The number of carbonyl (C=O) groups excluding carboxylic acids is 1. The molecule has 2 rings (SSSR count). The van der Waals surface area contributed by atoms with Gasteiger partial charge in [0.1, 0.15) is 0 Å². The summed E-state index contributed by atoms with van der Waals surface area (Å²) in [6.07, 6.45) is 2.72. The summed E-state index contributed by atoms with van der Waals surface area (Å²) in [5.41, 5.74) is 1.18. The molecule has 1 aromatic rings. The van der Waals surface area contributed by atoms with E-state index >= 15 is 0 Å². The fourth-order valence-electron chi connectivity index (χ4n) is 2.03. The molecule has 19 heavy (non-hydrogen) atoms. The van der Waals surface area contributed by atoms with Gasteiger partial charge < -0.3 is 4.90 Å². The molecule has 0 atom stereocenters. The number of nitrogens with zero attached hydrogens (tertiary/aromatic N) is 1. The van der Waals surface area contributed by atoms with Crippen molar-refractivity contribution in [3.63, 3.8) is 0 Å². The normalized spacial score (nSPS) is 15.6. The number of hydrogen-bond donors (Lipinski definition) is 1. The molecule has 0 spiro atoms. The maximum atomic E-state index is 11.6. The molecule has 1 fully saturated rings. The lowest BCUT2D eigenvalue weighted by molar-refractivity contribution is -0.117. The van der Waals surface area contributed by atoms with E-state index in [1.807, 2.05) is 0 Å². The number of anilines is 2. The SMILES string of the molecule is C=CCS(=O)(=O)Nc1cccc(N2CCCC2=O)c1. The Labute approximate surface area is 113 Å². The number of benzene rings is 1. The highest BCUT2D eigenvalue weighted by atomic mass is 32.2. The van der Waals surface area contributed by atoms with E-state index in [4.69, 9.17) is 0 Å². The predicted octanol–water partition coefficient (Wildman–Crippen LogP) is 1.74. The van der Waals surface area contributed by atoms with Crippen LogP contribution in [0.2, 0.25) is 0 Å². The molecule has 1 amide bonds. The lowest BCUT2D eigenvalue weighted by atomic mass is 10.2. The zero-order chi connectivity index (χ0) is 13.9. The molecule has 1 N–H and O–H groups in total. The van der Waals surface area contributed by atoms with Crippen molar-refractivity contribution in [2.24, 2.45) is 0 Å².